The van der Waals surface area contributed by atoms with Crippen LogP contribution in [0.25, 0.3) is 0 Å². The summed E-state index contributed by atoms with van der Waals surface area (Å²) in [5, 5.41) is 21.1. The maximum Gasteiger partial charge on any atom is 0.451 e. The van der Waals surface area contributed by atoms with Gasteiger partial charge in [0.05, 0.1) is 0 Å². The highest BCUT2D eigenvalue weighted by atomic mass is 16.4. The molecule has 5 heteroatoms. The number of hydrogen-bond acceptors (Lipinski definition) is 4. The summed E-state index contributed by atoms with van der Waals surface area (Å²) in [4.78, 5) is 2.62. The van der Waals surface area contributed by atoms with E-state index in [9.17, 15) is 0 Å². The SMILES string of the molecule is OB(O)CCCCCCN1CNC2CCCCC21. The van der Waals surface area contributed by atoms with E-state index in [0.717, 1.165) is 31.6 Å². The second-order valence-electron chi connectivity index (χ2n) is 5.82. The zero-order valence-electron chi connectivity index (χ0n) is 11.4. The smallest absolute Gasteiger partial charge is 0.427 e. The number of nitrogens with one attached hydrogen (secondary N) is 1. The fourth-order valence-electron chi connectivity index (χ4n) is 3.38. The molecule has 1 aliphatic heterocycles. The number of unbranched alkanes of at least 4 members (excludes halogenated alkanes) is 3. The predicted octanol–water partition coefficient (Wildman–Crippen LogP) is 1.19. The van der Waals surface area contributed by atoms with Crippen molar-refractivity contribution in [3.63, 3.8) is 0 Å². The first-order valence-electron chi connectivity index (χ1n) is 7.61. The summed E-state index contributed by atoms with van der Waals surface area (Å²) < 4.78 is 0. The molecule has 0 aromatic rings. The predicted molar refractivity (Wildman–Crippen MR) is 74.2 cm³/mol. The van der Waals surface area contributed by atoms with Crippen LogP contribution in [0.3, 0.4) is 0 Å². The molecule has 2 rings (SSSR count). The topological polar surface area (TPSA) is 55.7 Å². The Labute approximate surface area is 111 Å². The molecule has 0 radical (unpaired) electrons. The van der Waals surface area contributed by atoms with Gasteiger partial charge in [-0.05, 0) is 32.1 Å². The molecule has 3 N–H and O–H groups in total. The van der Waals surface area contributed by atoms with Crippen LogP contribution in [0.15, 0.2) is 0 Å². The van der Waals surface area contributed by atoms with E-state index in [1.165, 1.54) is 45.1 Å². The van der Waals surface area contributed by atoms with Gasteiger partial charge in [0.2, 0.25) is 0 Å². The Balaban J connectivity index is 1.54. The molecular formula is C13H27BN2O2. The Morgan fingerprint density at radius 2 is 1.83 bits per heavy atom. The Morgan fingerprint density at radius 3 is 2.67 bits per heavy atom. The monoisotopic (exact) mass is 254 g/mol. The van der Waals surface area contributed by atoms with E-state index in [2.05, 4.69) is 10.2 Å². The molecule has 0 amide bonds. The van der Waals surface area contributed by atoms with Crippen molar-refractivity contribution in [2.24, 2.45) is 0 Å². The van der Waals surface area contributed by atoms with Gasteiger partial charge in [-0.25, -0.2) is 0 Å². The van der Waals surface area contributed by atoms with Gasteiger partial charge < -0.3 is 10.0 Å². The van der Waals surface area contributed by atoms with Gasteiger partial charge in [-0.15, -0.1) is 0 Å². The van der Waals surface area contributed by atoms with Crippen molar-refractivity contribution in [3.05, 3.63) is 0 Å². The molecule has 1 heterocycles. The van der Waals surface area contributed by atoms with Gasteiger partial charge >= 0.3 is 7.12 Å². The van der Waals surface area contributed by atoms with Gasteiger partial charge in [-0.1, -0.05) is 32.1 Å². The Hall–Kier alpha value is -0.0951. The minimum absolute atomic E-state index is 0.524. The van der Waals surface area contributed by atoms with Gasteiger partial charge in [0.1, 0.15) is 0 Å². The van der Waals surface area contributed by atoms with Gasteiger partial charge in [0, 0.05) is 18.8 Å². The third kappa shape index (κ3) is 4.23. The number of fused-ring (bicyclic) bond motifs is 1. The van der Waals surface area contributed by atoms with Crippen LogP contribution in [0, 0.1) is 0 Å². The first kappa shape index (κ1) is 14.3. The highest BCUT2D eigenvalue weighted by molar-refractivity contribution is 6.40. The summed E-state index contributed by atoms with van der Waals surface area (Å²) in [5.74, 6) is 0. The fraction of sp³-hybridized carbons (Fsp3) is 1.00. The number of rotatable bonds is 7. The van der Waals surface area contributed by atoms with E-state index in [4.69, 9.17) is 10.0 Å². The average molecular weight is 254 g/mol. The minimum atomic E-state index is -1.12. The summed E-state index contributed by atoms with van der Waals surface area (Å²) in [5.41, 5.74) is 0. The van der Waals surface area contributed by atoms with Crippen molar-refractivity contribution in [2.75, 3.05) is 13.2 Å². The van der Waals surface area contributed by atoms with Crippen LogP contribution in [0.5, 0.6) is 0 Å². The third-order valence-electron chi connectivity index (χ3n) is 4.41. The summed E-state index contributed by atoms with van der Waals surface area (Å²) in [6.45, 7) is 2.28. The first-order chi connectivity index (χ1) is 8.77. The van der Waals surface area contributed by atoms with Crippen LogP contribution in [-0.4, -0.2) is 47.4 Å². The Bertz CT molecular complexity index is 241. The van der Waals surface area contributed by atoms with E-state index < -0.39 is 7.12 Å². The van der Waals surface area contributed by atoms with Crippen molar-refractivity contribution in [1.29, 1.82) is 0 Å². The van der Waals surface area contributed by atoms with Gasteiger partial charge in [0.15, 0.2) is 0 Å². The normalized spacial score (nSPS) is 28.3. The highest BCUT2D eigenvalue weighted by Crippen LogP contribution is 2.27. The van der Waals surface area contributed by atoms with Crippen LogP contribution >= 0.6 is 0 Å². The Morgan fingerprint density at radius 1 is 1.06 bits per heavy atom. The first-order valence-corrected chi connectivity index (χ1v) is 7.61. The van der Waals surface area contributed by atoms with Crippen molar-refractivity contribution in [2.45, 2.75) is 69.8 Å². The molecule has 0 spiro atoms. The second-order valence-corrected chi connectivity index (χ2v) is 5.82. The van der Waals surface area contributed by atoms with Crippen molar-refractivity contribution in [3.8, 4) is 0 Å². The van der Waals surface area contributed by atoms with E-state index in [1.54, 1.807) is 0 Å². The maximum absolute atomic E-state index is 8.75. The maximum atomic E-state index is 8.75. The molecule has 2 atom stereocenters. The zero-order chi connectivity index (χ0) is 12.8. The lowest BCUT2D eigenvalue weighted by Crippen LogP contribution is -2.38. The van der Waals surface area contributed by atoms with Gasteiger partial charge in [-0.2, -0.15) is 0 Å². The lowest BCUT2D eigenvalue weighted by molar-refractivity contribution is 0.204. The lowest BCUT2D eigenvalue weighted by Gasteiger charge is -2.30. The van der Waals surface area contributed by atoms with Crippen LogP contribution < -0.4 is 5.32 Å². The molecule has 2 aliphatic rings. The van der Waals surface area contributed by atoms with Crippen LogP contribution in [0.2, 0.25) is 6.32 Å². The molecule has 18 heavy (non-hydrogen) atoms. The average Bonchev–Trinajstić information content (AvgIpc) is 2.77. The second kappa shape index (κ2) is 7.48. The molecular weight excluding hydrogens is 227 g/mol. The molecule has 2 fully saturated rings. The molecule has 0 aromatic carbocycles. The van der Waals surface area contributed by atoms with Crippen LogP contribution in [0.4, 0.5) is 0 Å². The molecule has 1 saturated heterocycles. The quantitative estimate of drug-likeness (QED) is 0.472. The summed E-state index contributed by atoms with van der Waals surface area (Å²) in [6.07, 6.45) is 10.5. The molecule has 4 nitrogen and oxygen atoms in total. The van der Waals surface area contributed by atoms with E-state index >= 15 is 0 Å². The largest absolute Gasteiger partial charge is 0.451 e. The van der Waals surface area contributed by atoms with Crippen LogP contribution in [-0.2, 0) is 0 Å². The highest BCUT2D eigenvalue weighted by Gasteiger charge is 2.34. The fourth-order valence-corrected chi connectivity index (χ4v) is 3.38. The molecule has 2 unspecified atom stereocenters. The molecule has 0 bridgehead atoms. The third-order valence-corrected chi connectivity index (χ3v) is 4.41. The molecule has 1 aliphatic carbocycles. The summed E-state index contributed by atoms with van der Waals surface area (Å²) in [6, 6.07) is 1.54. The molecule has 104 valence electrons. The summed E-state index contributed by atoms with van der Waals surface area (Å²) >= 11 is 0. The van der Waals surface area contributed by atoms with Gasteiger partial charge in [-0.3, -0.25) is 10.2 Å². The number of hydrogen-bond donors (Lipinski definition) is 3. The van der Waals surface area contributed by atoms with E-state index in [-0.39, 0.29) is 0 Å². The molecule has 0 aromatic heterocycles. The Kier molecular flexibility index (Phi) is 5.95. The lowest BCUT2D eigenvalue weighted by atomic mass is 9.83. The molecule has 1 saturated carbocycles. The zero-order valence-corrected chi connectivity index (χ0v) is 11.4. The van der Waals surface area contributed by atoms with Crippen LogP contribution in [0.1, 0.15) is 51.4 Å². The minimum Gasteiger partial charge on any atom is -0.427 e. The van der Waals surface area contributed by atoms with Crippen molar-refractivity contribution >= 4 is 7.12 Å². The van der Waals surface area contributed by atoms with E-state index in [0.29, 0.717) is 6.32 Å². The van der Waals surface area contributed by atoms with E-state index in [1.807, 2.05) is 0 Å². The van der Waals surface area contributed by atoms with Crippen molar-refractivity contribution in [1.82, 2.24) is 10.2 Å². The summed E-state index contributed by atoms with van der Waals surface area (Å²) in [7, 11) is -1.12. The number of nitrogens with zero attached hydrogens (tertiary/aromatic N) is 1. The standard InChI is InChI=1S/C13H27BN2O2/c17-14(18)9-5-1-2-6-10-16-11-15-12-7-3-4-8-13(12)16/h12-13,15,17-18H,1-11H2. The van der Waals surface area contributed by atoms with Crippen molar-refractivity contribution < 1.29 is 10.0 Å². The van der Waals surface area contributed by atoms with Gasteiger partial charge in [0.25, 0.3) is 0 Å².